The SMILES string of the molecule is CCCCC(=O)NNC(=O)C(C)c1ccc(CC(C)C)cc1. The molecule has 1 aromatic rings. The van der Waals surface area contributed by atoms with E-state index in [2.05, 4.69) is 36.8 Å². The zero-order valence-electron chi connectivity index (χ0n) is 14.1. The van der Waals surface area contributed by atoms with Crippen molar-refractivity contribution >= 4 is 11.8 Å². The lowest BCUT2D eigenvalue weighted by Crippen LogP contribution is -2.43. The molecule has 0 heterocycles. The molecule has 0 saturated carbocycles. The van der Waals surface area contributed by atoms with E-state index in [0.29, 0.717) is 12.3 Å². The van der Waals surface area contributed by atoms with Crippen LogP contribution in [0.25, 0.3) is 0 Å². The van der Waals surface area contributed by atoms with Gasteiger partial charge in [0, 0.05) is 6.42 Å². The second-order valence-corrected chi connectivity index (χ2v) is 6.20. The summed E-state index contributed by atoms with van der Waals surface area (Å²) in [6, 6.07) is 8.11. The van der Waals surface area contributed by atoms with Gasteiger partial charge in [0.2, 0.25) is 11.8 Å². The van der Waals surface area contributed by atoms with Gasteiger partial charge in [-0.25, -0.2) is 0 Å². The van der Waals surface area contributed by atoms with E-state index in [9.17, 15) is 9.59 Å². The van der Waals surface area contributed by atoms with Crippen LogP contribution in [0.1, 0.15) is 64.0 Å². The highest BCUT2D eigenvalue weighted by atomic mass is 16.2. The molecule has 1 atom stereocenters. The number of benzene rings is 1. The minimum absolute atomic E-state index is 0.144. The van der Waals surface area contributed by atoms with Crippen LogP contribution >= 0.6 is 0 Å². The Hall–Kier alpha value is -1.84. The maximum atomic E-state index is 12.1. The van der Waals surface area contributed by atoms with Crippen LogP contribution in [0.5, 0.6) is 0 Å². The standard InChI is InChI=1S/C18H28N2O2/c1-5-6-7-17(21)19-20-18(22)14(4)16-10-8-15(9-11-16)12-13(2)3/h8-11,13-14H,5-7,12H2,1-4H3,(H,19,21)(H,20,22). The van der Waals surface area contributed by atoms with Crippen molar-refractivity contribution in [3.05, 3.63) is 35.4 Å². The van der Waals surface area contributed by atoms with E-state index in [-0.39, 0.29) is 17.7 Å². The van der Waals surface area contributed by atoms with Gasteiger partial charge in [-0.2, -0.15) is 0 Å². The molecular weight excluding hydrogens is 276 g/mol. The molecule has 0 saturated heterocycles. The summed E-state index contributed by atoms with van der Waals surface area (Å²) in [7, 11) is 0. The summed E-state index contributed by atoms with van der Waals surface area (Å²) in [5, 5.41) is 0. The van der Waals surface area contributed by atoms with Gasteiger partial charge < -0.3 is 0 Å². The summed E-state index contributed by atoms with van der Waals surface area (Å²) in [4.78, 5) is 23.5. The molecule has 1 aromatic carbocycles. The number of hydrazine groups is 1. The molecule has 0 aliphatic heterocycles. The van der Waals surface area contributed by atoms with E-state index in [1.54, 1.807) is 0 Å². The molecule has 4 nitrogen and oxygen atoms in total. The van der Waals surface area contributed by atoms with Crippen molar-refractivity contribution in [2.24, 2.45) is 5.92 Å². The Balaban J connectivity index is 2.50. The lowest BCUT2D eigenvalue weighted by atomic mass is 9.96. The Bertz CT molecular complexity index is 480. The quantitative estimate of drug-likeness (QED) is 0.759. The van der Waals surface area contributed by atoms with Crippen LogP contribution < -0.4 is 10.9 Å². The maximum Gasteiger partial charge on any atom is 0.245 e. The number of unbranched alkanes of at least 4 members (excludes halogenated alkanes) is 1. The van der Waals surface area contributed by atoms with Crippen LogP contribution in [-0.2, 0) is 16.0 Å². The Morgan fingerprint density at radius 1 is 1.05 bits per heavy atom. The van der Waals surface area contributed by atoms with E-state index in [0.717, 1.165) is 24.8 Å². The molecule has 0 bridgehead atoms. The highest BCUT2D eigenvalue weighted by molar-refractivity contribution is 5.86. The van der Waals surface area contributed by atoms with Crippen molar-refractivity contribution in [2.75, 3.05) is 0 Å². The summed E-state index contributed by atoms with van der Waals surface area (Å²) >= 11 is 0. The summed E-state index contributed by atoms with van der Waals surface area (Å²) < 4.78 is 0. The van der Waals surface area contributed by atoms with Gasteiger partial charge in [0.25, 0.3) is 0 Å². The first-order valence-electron chi connectivity index (χ1n) is 8.11. The Morgan fingerprint density at radius 3 is 2.23 bits per heavy atom. The second kappa shape index (κ2) is 9.23. The number of carbonyl (C=O) groups is 2. The first kappa shape index (κ1) is 18.2. The number of amides is 2. The molecule has 2 amide bonds. The van der Waals surface area contributed by atoms with Gasteiger partial charge in [-0.3, -0.25) is 20.4 Å². The lowest BCUT2D eigenvalue weighted by Gasteiger charge is -2.14. The Labute approximate surface area is 133 Å². The van der Waals surface area contributed by atoms with E-state index >= 15 is 0 Å². The largest absolute Gasteiger partial charge is 0.273 e. The third-order valence-corrected chi connectivity index (χ3v) is 3.60. The smallest absolute Gasteiger partial charge is 0.245 e. The first-order chi connectivity index (χ1) is 10.4. The van der Waals surface area contributed by atoms with E-state index in [1.807, 2.05) is 26.0 Å². The van der Waals surface area contributed by atoms with Crippen LogP contribution in [0.4, 0.5) is 0 Å². The van der Waals surface area contributed by atoms with Gasteiger partial charge in [-0.05, 0) is 36.8 Å². The molecule has 1 unspecified atom stereocenters. The zero-order valence-corrected chi connectivity index (χ0v) is 14.1. The van der Waals surface area contributed by atoms with Gasteiger partial charge in [0.15, 0.2) is 0 Å². The number of rotatable bonds is 7. The molecule has 0 aliphatic rings. The maximum absolute atomic E-state index is 12.1. The molecule has 122 valence electrons. The average Bonchev–Trinajstić information content (AvgIpc) is 2.50. The highest BCUT2D eigenvalue weighted by Crippen LogP contribution is 2.17. The number of nitrogens with one attached hydrogen (secondary N) is 2. The molecule has 2 N–H and O–H groups in total. The topological polar surface area (TPSA) is 58.2 Å². The number of hydrogen-bond acceptors (Lipinski definition) is 2. The number of hydrogen-bond donors (Lipinski definition) is 2. The van der Waals surface area contributed by atoms with Gasteiger partial charge in [0.05, 0.1) is 5.92 Å². The Morgan fingerprint density at radius 2 is 1.68 bits per heavy atom. The third-order valence-electron chi connectivity index (χ3n) is 3.60. The second-order valence-electron chi connectivity index (χ2n) is 6.20. The molecule has 0 spiro atoms. The van der Waals surface area contributed by atoms with Crippen LogP contribution in [0.15, 0.2) is 24.3 Å². The molecule has 1 rings (SSSR count). The zero-order chi connectivity index (χ0) is 16.5. The van der Waals surface area contributed by atoms with Crippen LogP contribution in [-0.4, -0.2) is 11.8 Å². The summed E-state index contributed by atoms with van der Waals surface area (Å²) in [5.41, 5.74) is 7.19. The van der Waals surface area contributed by atoms with Gasteiger partial charge >= 0.3 is 0 Å². The molecule has 0 fully saturated rings. The number of carbonyl (C=O) groups excluding carboxylic acids is 2. The third kappa shape index (κ3) is 6.29. The minimum Gasteiger partial charge on any atom is -0.273 e. The van der Waals surface area contributed by atoms with Crippen molar-refractivity contribution < 1.29 is 9.59 Å². The molecule has 0 aliphatic carbocycles. The molecular formula is C18H28N2O2. The van der Waals surface area contributed by atoms with E-state index in [1.165, 1.54) is 5.56 Å². The fourth-order valence-electron chi connectivity index (χ4n) is 2.20. The molecule has 0 aromatic heterocycles. The molecule has 22 heavy (non-hydrogen) atoms. The predicted molar refractivity (Wildman–Crippen MR) is 89.2 cm³/mol. The van der Waals surface area contributed by atoms with Gasteiger partial charge in [-0.1, -0.05) is 51.5 Å². The minimum atomic E-state index is -0.292. The van der Waals surface area contributed by atoms with E-state index < -0.39 is 0 Å². The first-order valence-corrected chi connectivity index (χ1v) is 8.11. The van der Waals surface area contributed by atoms with Crippen LogP contribution in [0.3, 0.4) is 0 Å². The lowest BCUT2D eigenvalue weighted by molar-refractivity contribution is -0.129. The highest BCUT2D eigenvalue weighted by Gasteiger charge is 2.15. The fourth-order valence-corrected chi connectivity index (χ4v) is 2.20. The summed E-state index contributed by atoms with van der Waals surface area (Å²) in [5.74, 6) is -0.0133. The van der Waals surface area contributed by atoms with Crippen molar-refractivity contribution in [1.82, 2.24) is 10.9 Å². The monoisotopic (exact) mass is 304 g/mol. The average molecular weight is 304 g/mol. The molecule has 4 heteroatoms. The van der Waals surface area contributed by atoms with Crippen molar-refractivity contribution in [3.8, 4) is 0 Å². The van der Waals surface area contributed by atoms with Crippen molar-refractivity contribution in [2.45, 2.75) is 59.3 Å². The predicted octanol–water partition coefficient (Wildman–Crippen LogP) is 3.33. The normalized spacial score (nSPS) is 12.0. The Kier molecular flexibility index (Phi) is 7.64. The molecule has 0 radical (unpaired) electrons. The fraction of sp³-hybridized carbons (Fsp3) is 0.556. The van der Waals surface area contributed by atoms with Crippen molar-refractivity contribution in [1.29, 1.82) is 0 Å². The summed E-state index contributed by atoms with van der Waals surface area (Å²) in [6.45, 7) is 8.23. The van der Waals surface area contributed by atoms with Crippen LogP contribution in [0.2, 0.25) is 0 Å². The van der Waals surface area contributed by atoms with Gasteiger partial charge in [-0.15, -0.1) is 0 Å². The van der Waals surface area contributed by atoms with E-state index in [4.69, 9.17) is 0 Å². The van der Waals surface area contributed by atoms with Crippen molar-refractivity contribution in [3.63, 3.8) is 0 Å². The van der Waals surface area contributed by atoms with Gasteiger partial charge in [0.1, 0.15) is 0 Å². The summed E-state index contributed by atoms with van der Waals surface area (Å²) in [6.07, 6.45) is 3.26. The van der Waals surface area contributed by atoms with Crippen LogP contribution in [0, 0.1) is 5.92 Å².